The number of ether oxygens (including phenoxy) is 2. The van der Waals surface area contributed by atoms with Gasteiger partial charge >= 0.3 is 12.1 Å². The smallest absolute Gasteiger partial charge is 0.410 e. The summed E-state index contributed by atoms with van der Waals surface area (Å²) in [5.74, 6) is -0.0252. The van der Waals surface area contributed by atoms with Crippen molar-refractivity contribution >= 4 is 58.2 Å². The van der Waals surface area contributed by atoms with Crippen LogP contribution in [0.1, 0.15) is 32.3 Å². The number of amides is 3. The molecular weight excluding hydrogens is 628 g/mol. The Morgan fingerprint density at radius 1 is 1.11 bits per heavy atom. The van der Waals surface area contributed by atoms with E-state index in [-0.39, 0.29) is 66.6 Å². The number of non-ortho nitro benzene ring substituents is 1. The Labute approximate surface area is 270 Å². The summed E-state index contributed by atoms with van der Waals surface area (Å²) >= 11 is 2.67. The fraction of sp³-hybridized carbons (Fsp3) is 0.607. The Kier molecular flexibility index (Phi) is 14.9. The maximum Gasteiger partial charge on any atom is 0.410 e. The third-order valence-electron chi connectivity index (χ3n) is 7.00. The number of nitrogens with zero attached hydrogens (tertiary/aromatic N) is 4. The van der Waals surface area contributed by atoms with Crippen LogP contribution >= 0.6 is 23.5 Å². The molecule has 2 atom stereocenters. The number of benzene rings is 1. The van der Waals surface area contributed by atoms with Crippen LogP contribution in [0.2, 0.25) is 0 Å². The second kappa shape index (κ2) is 18.5. The fourth-order valence-corrected chi connectivity index (χ4v) is 6.96. The number of hydrogen-bond donors (Lipinski definition) is 2. The molecule has 2 N–H and O–H groups in total. The molecule has 3 amide bonds. The molecule has 2 heterocycles. The van der Waals surface area contributed by atoms with E-state index in [1.54, 1.807) is 4.90 Å². The molecule has 248 valence electrons. The van der Waals surface area contributed by atoms with E-state index in [9.17, 15) is 34.1 Å². The van der Waals surface area contributed by atoms with Crippen LogP contribution in [0.25, 0.3) is 0 Å². The lowest BCUT2D eigenvalue weighted by atomic mass is 10.2. The lowest BCUT2D eigenvalue weighted by Gasteiger charge is -2.37. The molecule has 0 spiro atoms. The lowest BCUT2D eigenvalue weighted by Crippen LogP contribution is -2.57. The molecule has 0 aliphatic carbocycles. The van der Waals surface area contributed by atoms with Crippen LogP contribution in [0.4, 0.5) is 10.5 Å². The molecule has 3 rings (SSSR count). The first-order valence-corrected chi connectivity index (χ1v) is 16.6. The van der Waals surface area contributed by atoms with Crippen LogP contribution < -0.4 is 10.6 Å². The van der Waals surface area contributed by atoms with Crippen LogP contribution in [0.15, 0.2) is 24.3 Å². The number of thioether (sulfide) groups is 2. The number of rotatable bonds is 15. The normalized spacial score (nSPS) is 18.2. The van der Waals surface area contributed by atoms with E-state index in [4.69, 9.17) is 9.47 Å². The van der Waals surface area contributed by atoms with Crippen molar-refractivity contribution in [2.45, 2.75) is 44.6 Å². The summed E-state index contributed by atoms with van der Waals surface area (Å²) in [7, 11) is 0. The van der Waals surface area contributed by atoms with Gasteiger partial charge in [-0.3, -0.25) is 34.3 Å². The molecule has 0 bridgehead atoms. The van der Waals surface area contributed by atoms with Crippen molar-refractivity contribution in [3.05, 3.63) is 39.9 Å². The van der Waals surface area contributed by atoms with Gasteiger partial charge in [-0.15, -0.1) is 0 Å². The zero-order valence-corrected chi connectivity index (χ0v) is 27.1. The van der Waals surface area contributed by atoms with Gasteiger partial charge in [-0.25, -0.2) is 9.80 Å². The molecule has 2 unspecified atom stereocenters. The van der Waals surface area contributed by atoms with Gasteiger partial charge in [0, 0.05) is 87.9 Å². The van der Waals surface area contributed by atoms with Gasteiger partial charge in [0.05, 0.1) is 18.0 Å². The second-order valence-corrected chi connectivity index (χ2v) is 13.0. The highest BCUT2D eigenvalue weighted by atomic mass is 32.2. The maximum absolute atomic E-state index is 13.0. The summed E-state index contributed by atoms with van der Waals surface area (Å²) in [5.41, 5.74) is 0.554. The molecule has 1 aromatic carbocycles. The highest BCUT2D eigenvalue weighted by Gasteiger charge is 2.37. The first kappa shape index (κ1) is 36.1. The van der Waals surface area contributed by atoms with E-state index >= 15 is 0 Å². The van der Waals surface area contributed by atoms with Crippen LogP contribution in [-0.4, -0.2) is 124 Å². The number of nitro groups is 1. The Balaban J connectivity index is 1.44. The number of carbonyl (C=O) groups is 5. The molecule has 45 heavy (non-hydrogen) atoms. The Morgan fingerprint density at radius 3 is 2.47 bits per heavy atom. The summed E-state index contributed by atoms with van der Waals surface area (Å²) in [4.78, 5) is 73.2. The molecule has 0 aromatic heterocycles. The Hall–Kier alpha value is -3.41. The highest BCUT2D eigenvalue weighted by molar-refractivity contribution is 8.14. The molecule has 15 nitrogen and oxygen atoms in total. The summed E-state index contributed by atoms with van der Waals surface area (Å²) in [6, 6.07) is 5.55. The fourth-order valence-electron chi connectivity index (χ4n) is 4.85. The van der Waals surface area contributed by atoms with E-state index in [2.05, 4.69) is 10.6 Å². The van der Waals surface area contributed by atoms with Crippen molar-refractivity contribution < 1.29 is 38.4 Å². The number of piperazine rings is 1. The van der Waals surface area contributed by atoms with Gasteiger partial charge in [-0.1, -0.05) is 11.8 Å². The molecule has 0 saturated carbocycles. The highest BCUT2D eigenvalue weighted by Crippen LogP contribution is 2.31. The third kappa shape index (κ3) is 12.5. The zero-order valence-electron chi connectivity index (χ0n) is 25.4. The van der Waals surface area contributed by atoms with Crippen molar-refractivity contribution in [2.24, 2.45) is 0 Å². The van der Waals surface area contributed by atoms with Gasteiger partial charge in [0.15, 0.2) is 5.12 Å². The number of hydrazine groups is 1. The molecule has 17 heteroatoms. The Morgan fingerprint density at radius 2 is 1.82 bits per heavy atom. The number of hydrogen-bond acceptors (Lipinski definition) is 13. The SMILES string of the molecule is CC(=O)OCCN(C(=O)CNC(=O)CCSCC1CC(SC(C)=O)CN1C(=O)OCc1ccc([N+](=O)[O-])cc1)N1CCNCC1. The minimum Gasteiger partial charge on any atom is -0.464 e. The predicted octanol–water partition coefficient (Wildman–Crippen LogP) is 1.41. The average Bonchev–Trinajstić information content (AvgIpc) is 3.41. The number of nitro benzene ring substituents is 1. The van der Waals surface area contributed by atoms with Crippen LogP contribution in [-0.2, 0) is 35.3 Å². The van der Waals surface area contributed by atoms with Crippen molar-refractivity contribution in [2.75, 3.05) is 63.9 Å². The summed E-state index contributed by atoms with van der Waals surface area (Å²) in [6.07, 6.45) is 0.228. The molecule has 2 aliphatic rings. The molecule has 2 saturated heterocycles. The van der Waals surface area contributed by atoms with Crippen molar-refractivity contribution in [3.8, 4) is 0 Å². The number of esters is 1. The molecule has 2 aliphatic heterocycles. The van der Waals surface area contributed by atoms with Gasteiger partial charge in [0.2, 0.25) is 5.91 Å². The van der Waals surface area contributed by atoms with Gasteiger partial charge in [-0.05, 0) is 24.1 Å². The largest absolute Gasteiger partial charge is 0.464 e. The molecule has 2 fully saturated rings. The van der Waals surface area contributed by atoms with Crippen molar-refractivity contribution in [3.63, 3.8) is 0 Å². The number of likely N-dealkylation sites (tertiary alicyclic amines) is 1. The van der Waals surface area contributed by atoms with E-state index < -0.39 is 17.0 Å². The van der Waals surface area contributed by atoms with Gasteiger partial charge < -0.3 is 25.0 Å². The minimum absolute atomic E-state index is 0.0411. The van der Waals surface area contributed by atoms with Crippen molar-refractivity contribution in [1.82, 2.24) is 25.6 Å². The van der Waals surface area contributed by atoms with Gasteiger partial charge in [0.1, 0.15) is 13.2 Å². The summed E-state index contributed by atoms with van der Waals surface area (Å²) < 4.78 is 10.5. The lowest BCUT2D eigenvalue weighted by molar-refractivity contribution is -0.384. The summed E-state index contributed by atoms with van der Waals surface area (Å²) in [5, 5.41) is 20.0. The molecular formula is C28H40N6O9S2. The average molecular weight is 669 g/mol. The first-order valence-electron chi connectivity index (χ1n) is 14.6. The van der Waals surface area contributed by atoms with Crippen LogP contribution in [0, 0.1) is 10.1 Å². The van der Waals surface area contributed by atoms with Crippen LogP contribution in [0.5, 0.6) is 0 Å². The number of nitrogens with one attached hydrogen (secondary N) is 2. The number of carbonyl (C=O) groups excluding carboxylic acids is 5. The Bertz CT molecular complexity index is 1200. The van der Waals surface area contributed by atoms with E-state index in [1.807, 2.05) is 5.01 Å². The monoisotopic (exact) mass is 668 g/mol. The van der Waals surface area contributed by atoms with E-state index in [1.165, 1.54) is 66.6 Å². The molecule has 1 aromatic rings. The minimum atomic E-state index is -0.537. The van der Waals surface area contributed by atoms with Gasteiger partial charge in [0.25, 0.3) is 11.6 Å². The van der Waals surface area contributed by atoms with Crippen LogP contribution in [0.3, 0.4) is 0 Å². The topological polar surface area (TPSA) is 181 Å². The molecule has 0 radical (unpaired) electrons. The van der Waals surface area contributed by atoms with Gasteiger partial charge in [-0.2, -0.15) is 11.8 Å². The standard InChI is InChI=1S/C28H40N6O9S2/c1-20(35)42-13-12-33(31-10-8-29-9-11-31)27(38)16-30-26(37)7-14-44-19-24-15-25(45-21(2)36)17-32(24)28(39)43-18-22-3-5-23(6-4-22)34(40)41/h3-6,24-25,29H,7-19H2,1-2H3,(H,30,37). The summed E-state index contributed by atoms with van der Waals surface area (Å²) in [6.45, 7) is 5.81. The maximum atomic E-state index is 13.0. The second-order valence-electron chi connectivity index (χ2n) is 10.4. The third-order valence-corrected chi connectivity index (χ3v) is 9.12. The zero-order chi connectivity index (χ0) is 32.8. The van der Waals surface area contributed by atoms with Crippen molar-refractivity contribution in [1.29, 1.82) is 0 Å². The predicted molar refractivity (Wildman–Crippen MR) is 168 cm³/mol. The quantitative estimate of drug-likeness (QED) is 0.119. The van der Waals surface area contributed by atoms with E-state index in [0.717, 1.165) is 0 Å². The first-order chi connectivity index (χ1) is 21.5. The van der Waals surface area contributed by atoms with E-state index in [0.29, 0.717) is 56.2 Å².